The lowest BCUT2D eigenvalue weighted by Crippen LogP contribution is -2.41. The third kappa shape index (κ3) is 5.88. The van der Waals surface area contributed by atoms with E-state index in [0.717, 1.165) is 17.3 Å². The number of hydrogen-bond acceptors (Lipinski definition) is 2. The summed E-state index contributed by atoms with van der Waals surface area (Å²) in [6, 6.07) is 11.7. The van der Waals surface area contributed by atoms with Crippen molar-refractivity contribution in [1.82, 2.24) is 10.6 Å². The Hall–Kier alpha value is -2.23. The van der Waals surface area contributed by atoms with E-state index >= 15 is 0 Å². The number of anilines is 1. The van der Waals surface area contributed by atoms with E-state index in [1.165, 1.54) is 6.07 Å². The van der Waals surface area contributed by atoms with Gasteiger partial charge in [0.1, 0.15) is 0 Å². The largest absolute Gasteiger partial charge is 0.356 e. The predicted molar refractivity (Wildman–Crippen MR) is 122 cm³/mol. The fraction of sp³-hybridized carbons (Fsp3) is 0.333. The van der Waals surface area contributed by atoms with Crippen molar-refractivity contribution in [3.63, 3.8) is 0 Å². The Morgan fingerprint density at radius 2 is 1.97 bits per heavy atom. The molecule has 1 aliphatic heterocycles. The molecule has 0 saturated heterocycles. The van der Waals surface area contributed by atoms with Crippen LogP contribution in [0, 0.1) is 11.6 Å². The molecule has 0 bridgehead atoms. The fourth-order valence-corrected chi connectivity index (χ4v) is 3.31. The Bertz CT molecular complexity index is 891. The van der Waals surface area contributed by atoms with Gasteiger partial charge in [0.2, 0.25) is 5.91 Å². The first-order valence-corrected chi connectivity index (χ1v) is 9.26. The van der Waals surface area contributed by atoms with E-state index in [1.54, 1.807) is 13.1 Å². The number of nitrogens with zero attached hydrogens (tertiary/aromatic N) is 1. The zero-order valence-corrected chi connectivity index (χ0v) is 18.7. The average Bonchev–Trinajstić information content (AvgIpc) is 2.69. The molecular weight excluding hydrogens is 489 g/mol. The smallest absolute Gasteiger partial charge is 0.225 e. The van der Waals surface area contributed by atoms with Crippen molar-refractivity contribution in [1.29, 1.82) is 0 Å². The molecule has 1 heterocycles. The number of hydrogen-bond donors (Lipinski definition) is 3. The van der Waals surface area contributed by atoms with E-state index in [9.17, 15) is 13.6 Å². The minimum atomic E-state index is -0.849. The molecule has 1 aliphatic rings. The van der Waals surface area contributed by atoms with Gasteiger partial charge >= 0.3 is 0 Å². The van der Waals surface area contributed by atoms with Crippen LogP contribution in [0.25, 0.3) is 0 Å². The van der Waals surface area contributed by atoms with Crippen molar-refractivity contribution in [2.45, 2.75) is 25.2 Å². The molecule has 3 N–H and O–H groups in total. The summed E-state index contributed by atoms with van der Waals surface area (Å²) in [7, 11) is 1.67. The predicted octanol–water partition coefficient (Wildman–Crippen LogP) is 3.98. The van der Waals surface area contributed by atoms with E-state index in [2.05, 4.69) is 20.9 Å². The van der Waals surface area contributed by atoms with Crippen LogP contribution in [0.5, 0.6) is 0 Å². The first kappa shape index (κ1) is 23.1. The molecular formula is C21H25F2IN4O. The summed E-state index contributed by atoms with van der Waals surface area (Å²) >= 11 is 0. The molecule has 3 rings (SSSR count). The van der Waals surface area contributed by atoms with Gasteiger partial charge in [0.15, 0.2) is 17.6 Å². The van der Waals surface area contributed by atoms with Gasteiger partial charge in [-0.25, -0.2) is 8.78 Å². The molecule has 0 aliphatic carbocycles. The summed E-state index contributed by atoms with van der Waals surface area (Å²) in [4.78, 5) is 16.1. The first-order chi connectivity index (χ1) is 13.5. The molecule has 8 heteroatoms. The number of nitrogens with one attached hydrogen (secondary N) is 3. The minimum Gasteiger partial charge on any atom is -0.356 e. The van der Waals surface area contributed by atoms with Crippen LogP contribution in [-0.2, 0) is 4.79 Å². The Kier molecular flexibility index (Phi) is 8.36. The number of para-hydroxylation sites is 1. The van der Waals surface area contributed by atoms with Crippen LogP contribution in [0.3, 0.4) is 0 Å². The zero-order chi connectivity index (χ0) is 20.1. The second-order valence-electron chi connectivity index (χ2n) is 6.95. The zero-order valence-electron chi connectivity index (χ0n) is 16.3. The van der Waals surface area contributed by atoms with Crippen molar-refractivity contribution in [2.24, 2.45) is 4.99 Å². The molecule has 0 spiro atoms. The van der Waals surface area contributed by atoms with Crippen LogP contribution in [0.15, 0.2) is 47.5 Å². The standard InChI is InChI=1S/C21H24F2N4O.HI/c1-13(14-7-8-17(22)18(23)9-14)11-25-21(24-2)26-12-15-10-20(28)27-19-6-4-3-5-16(15)19;/h3-9,13,15H,10-12H2,1-2H3,(H,27,28)(H2,24,25,26);1H. The summed E-state index contributed by atoms with van der Waals surface area (Å²) in [6.07, 6.45) is 0.409. The first-order valence-electron chi connectivity index (χ1n) is 9.26. The van der Waals surface area contributed by atoms with Crippen molar-refractivity contribution < 1.29 is 13.6 Å². The van der Waals surface area contributed by atoms with Crippen molar-refractivity contribution in [3.8, 4) is 0 Å². The van der Waals surface area contributed by atoms with Crippen LogP contribution < -0.4 is 16.0 Å². The van der Waals surface area contributed by atoms with Gasteiger partial charge in [-0.2, -0.15) is 0 Å². The van der Waals surface area contributed by atoms with Crippen LogP contribution in [0.4, 0.5) is 14.5 Å². The van der Waals surface area contributed by atoms with E-state index in [-0.39, 0.29) is 41.7 Å². The second-order valence-corrected chi connectivity index (χ2v) is 6.95. The Balaban J connectivity index is 0.00000300. The quantitative estimate of drug-likeness (QED) is 0.322. The summed E-state index contributed by atoms with van der Waals surface area (Å²) in [5, 5.41) is 9.34. The monoisotopic (exact) mass is 514 g/mol. The normalized spacial score (nSPS) is 16.9. The number of halogens is 3. The number of benzene rings is 2. The highest BCUT2D eigenvalue weighted by Crippen LogP contribution is 2.31. The van der Waals surface area contributed by atoms with E-state index in [0.29, 0.717) is 31.0 Å². The lowest BCUT2D eigenvalue weighted by molar-refractivity contribution is -0.116. The Labute approximate surface area is 186 Å². The summed E-state index contributed by atoms with van der Waals surface area (Å²) < 4.78 is 26.5. The molecule has 0 fully saturated rings. The van der Waals surface area contributed by atoms with Crippen LogP contribution in [-0.4, -0.2) is 32.0 Å². The summed E-state index contributed by atoms with van der Waals surface area (Å²) in [6.45, 7) is 2.99. The van der Waals surface area contributed by atoms with Gasteiger partial charge in [0.05, 0.1) is 0 Å². The molecule has 1 amide bonds. The number of rotatable bonds is 5. The van der Waals surface area contributed by atoms with Crippen molar-refractivity contribution >= 4 is 41.5 Å². The highest BCUT2D eigenvalue weighted by atomic mass is 127. The molecule has 2 atom stereocenters. The molecule has 0 radical (unpaired) electrons. The van der Waals surface area contributed by atoms with Gasteiger partial charge < -0.3 is 16.0 Å². The third-order valence-electron chi connectivity index (χ3n) is 4.93. The topological polar surface area (TPSA) is 65.5 Å². The molecule has 5 nitrogen and oxygen atoms in total. The maximum absolute atomic E-state index is 13.4. The van der Waals surface area contributed by atoms with E-state index in [1.807, 2.05) is 31.2 Å². The number of guanidine groups is 1. The number of fused-ring (bicyclic) bond motifs is 1. The SMILES string of the molecule is CN=C(NCC(C)c1ccc(F)c(F)c1)NCC1CC(=O)Nc2ccccc21.I. The van der Waals surface area contributed by atoms with Gasteiger partial charge in [0, 0.05) is 38.2 Å². The highest BCUT2D eigenvalue weighted by molar-refractivity contribution is 14.0. The number of aliphatic imine (C=N–C) groups is 1. The summed E-state index contributed by atoms with van der Waals surface area (Å²) in [5.74, 6) is -1.08. The molecule has 29 heavy (non-hydrogen) atoms. The van der Waals surface area contributed by atoms with Crippen molar-refractivity contribution in [2.75, 3.05) is 25.5 Å². The Morgan fingerprint density at radius 1 is 1.21 bits per heavy atom. The summed E-state index contributed by atoms with van der Waals surface area (Å²) in [5.41, 5.74) is 2.65. The van der Waals surface area contributed by atoms with Crippen LogP contribution in [0.1, 0.15) is 36.3 Å². The fourth-order valence-electron chi connectivity index (χ4n) is 3.31. The van der Waals surface area contributed by atoms with E-state index < -0.39 is 11.6 Å². The lowest BCUT2D eigenvalue weighted by atomic mass is 9.90. The van der Waals surface area contributed by atoms with Gasteiger partial charge in [-0.3, -0.25) is 9.79 Å². The van der Waals surface area contributed by atoms with Crippen molar-refractivity contribution in [3.05, 3.63) is 65.2 Å². The molecule has 0 aromatic heterocycles. The third-order valence-corrected chi connectivity index (χ3v) is 4.93. The molecule has 2 aromatic rings. The highest BCUT2D eigenvalue weighted by Gasteiger charge is 2.24. The lowest BCUT2D eigenvalue weighted by Gasteiger charge is -2.26. The van der Waals surface area contributed by atoms with Crippen LogP contribution >= 0.6 is 24.0 Å². The Morgan fingerprint density at radius 3 is 2.69 bits per heavy atom. The number of carbonyl (C=O) groups excluding carboxylic acids is 1. The van der Waals surface area contributed by atoms with Gasteiger partial charge in [0.25, 0.3) is 0 Å². The number of carbonyl (C=O) groups is 1. The van der Waals surface area contributed by atoms with Gasteiger partial charge in [-0.1, -0.05) is 31.2 Å². The van der Waals surface area contributed by atoms with Gasteiger partial charge in [-0.05, 0) is 35.2 Å². The van der Waals surface area contributed by atoms with Gasteiger partial charge in [-0.15, -0.1) is 24.0 Å². The minimum absolute atomic E-state index is 0. The molecule has 156 valence electrons. The molecule has 0 saturated carbocycles. The van der Waals surface area contributed by atoms with Crippen LogP contribution in [0.2, 0.25) is 0 Å². The maximum Gasteiger partial charge on any atom is 0.225 e. The molecule has 2 aromatic carbocycles. The second kappa shape index (κ2) is 10.5. The average molecular weight is 514 g/mol. The maximum atomic E-state index is 13.4. The van der Waals surface area contributed by atoms with E-state index in [4.69, 9.17) is 0 Å². The molecule has 2 unspecified atom stereocenters. The number of amides is 1.